The Morgan fingerprint density at radius 3 is 1.90 bits per heavy atom. The molecular formula is C29H41N6O4Si. The van der Waals surface area contributed by atoms with Gasteiger partial charge < -0.3 is 33.2 Å². The summed E-state index contributed by atoms with van der Waals surface area (Å²) in [5.41, 5.74) is 18.2. The van der Waals surface area contributed by atoms with Gasteiger partial charge in [-0.1, -0.05) is 48.9 Å². The van der Waals surface area contributed by atoms with Crippen LogP contribution in [0, 0.1) is 0 Å². The zero-order valence-electron chi connectivity index (χ0n) is 23.0. The number of hydrogen-bond acceptors (Lipinski definition) is 6. The van der Waals surface area contributed by atoms with E-state index in [4.69, 9.17) is 17.2 Å². The molecule has 0 heterocycles. The Hall–Kier alpha value is -3.54. The van der Waals surface area contributed by atoms with Crippen molar-refractivity contribution in [1.29, 1.82) is 0 Å². The first-order chi connectivity index (χ1) is 19.2. The van der Waals surface area contributed by atoms with Crippen molar-refractivity contribution in [2.75, 3.05) is 13.1 Å². The number of benzene rings is 2. The zero-order valence-corrected chi connectivity index (χ0v) is 24.0. The van der Waals surface area contributed by atoms with Gasteiger partial charge in [-0.3, -0.25) is 19.2 Å². The molecular weight excluding hydrogens is 524 g/mol. The van der Waals surface area contributed by atoms with E-state index in [-0.39, 0.29) is 0 Å². The molecule has 2 rings (SSSR count). The standard InChI is InChI=1S/C29H41N6O4Si/c1-19(27(37)34-23(11-5-7-17-30)25(40)26(32)36)33-29(39)24(12-6-8-18-31)35-28(38)22-15-13-21(14-16-22)20-9-3-2-4-10-20/h2-4,9-10,13-16,19,23-25H,5-8,11-12,17-18,30-31H2,1H3,(H2,32,36)(H,33,39)(H,34,37)(H,35,38)/t19-,23-,24-,25?/m0/s1. The van der Waals surface area contributed by atoms with Crippen molar-refractivity contribution in [3.63, 3.8) is 0 Å². The van der Waals surface area contributed by atoms with E-state index in [0.717, 1.165) is 17.5 Å². The van der Waals surface area contributed by atoms with Crippen LogP contribution in [-0.2, 0) is 14.4 Å². The largest absolute Gasteiger partial charge is 0.370 e. The number of carbonyl (C=O) groups excluding carboxylic acids is 4. The van der Waals surface area contributed by atoms with Gasteiger partial charge in [-0.05, 0) is 75.4 Å². The van der Waals surface area contributed by atoms with E-state index in [0.29, 0.717) is 50.8 Å². The summed E-state index contributed by atoms with van der Waals surface area (Å²) < 4.78 is 0. The molecule has 4 atom stereocenters. The molecule has 0 saturated carbocycles. The molecule has 2 aromatic carbocycles. The van der Waals surface area contributed by atoms with Crippen molar-refractivity contribution in [1.82, 2.24) is 16.0 Å². The van der Waals surface area contributed by atoms with Crippen LogP contribution in [0.1, 0.15) is 55.8 Å². The average Bonchev–Trinajstić information content (AvgIpc) is 2.96. The molecule has 0 aliphatic rings. The van der Waals surface area contributed by atoms with E-state index in [1.807, 2.05) is 42.5 Å². The van der Waals surface area contributed by atoms with Gasteiger partial charge in [0.15, 0.2) is 0 Å². The summed E-state index contributed by atoms with van der Waals surface area (Å²) in [5.74, 6) is -1.96. The number of amides is 4. The minimum atomic E-state index is -0.921. The Balaban J connectivity index is 2.05. The summed E-state index contributed by atoms with van der Waals surface area (Å²) in [7, 11) is 3.31. The predicted octanol–water partition coefficient (Wildman–Crippen LogP) is 1.14. The lowest BCUT2D eigenvalue weighted by molar-refractivity contribution is -0.130. The van der Waals surface area contributed by atoms with Gasteiger partial charge in [-0.2, -0.15) is 0 Å². The zero-order chi connectivity index (χ0) is 29.5. The summed E-state index contributed by atoms with van der Waals surface area (Å²) >= 11 is 0. The summed E-state index contributed by atoms with van der Waals surface area (Å²) in [5, 5.41) is 8.28. The van der Waals surface area contributed by atoms with Gasteiger partial charge in [-0.15, -0.1) is 0 Å². The Bertz CT molecular complexity index is 1100. The maximum atomic E-state index is 13.2. The normalized spacial score (nSPS) is 13.9. The number of hydrogen-bond donors (Lipinski definition) is 6. The minimum absolute atomic E-state index is 0.359. The van der Waals surface area contributed by atoms with E-state index < -0.39 is 47.3 Å². The van der Waals surface area contributed by atoms with Crippen molar-refractivity contribution in [2.24, 2.45) is 17.2 Å². The number of nitrogens with one attached hydrogen (secondary N) is 3. The molecule has 40 heavy (non-hydrogen) atoms. The lowest BCUT2D eigenvalue weighted by atomic mass is 10.0. The van der Waals surface area contributed by atoms with Gasteiger partial charge in [0.2, 0.25) is 17.7 Å². The molecule has 11 heteroatoms. The molecule has 0 bridgehead atoms. The predicted molar refractivity (Wildman–Crippen MR) is 157 cm³/mol. The topological polar surface area (TPSA) is 182 Å². The van der Waals surface area contributed by atoms with E-state index >= 15 is 0 Å². The highest BCUT2D eigenvalue weighted by Gasteiger charge is 2.28. The van der Waals surface area contributed by atoms with Gasteiger partial charge >= 0.3 is 0 Å². The Kier molecular flexibility index (Phi) is 14.1. The average molecular weight is 566 g/mol. The van der Waals surface area contributed by atoms with Crippen molar-refractivity contribution in [3.05, 3.63) is 60.2 Å². The third-order valence-corrected chi connectivity index (χ3v) is 7.27. The Morgan fingerprint density at radius 2 is 1.32 bits per heavy atom. The fraction of sp³-hybridized carbons (Fsp3) is 0.448. The monoisotopic (exact) mass is 565 g/mol. The number of primary amides is 1. The molecule has 0 spiro atoms. The highest BCUT2D eigenvalue weighted by Crippen LogP contribution is 2.19. The molecule has 10 nitrogen and oxygen atoms in total. The first kappa shape index (κ1) is 32.7. The SMILES string of the molecule is C[C@H](NC(=O)[C@H](CCCCN)NC(=O)c1ccc(-c2ccccc2)cc1)C(=O)N[C@@H](CCCCN)C([Si])C(N)=O. The van der Waals surface area contributed by atoms with Crippen LogP contribution in [0.3, 0.4) is 0 Å². The molecule has 0 aromatic heterocycles. The quantitative estimate of drug-likeness (QED) is 0.123. The van der Waals surface area contributed by atoms with Gasteiger partial charge in [0.1, 0.15) is 12.1 Å². The van der Waals surface area contributed by atoms with Crippen molar-refractivity contribution in [3.8, 4) is 11.1 Å². The van der Waals surface area contributed by atoms with Crippen LogP contribution >= 0.6 is 0 Å². The van der Waals surface area contributed by atoms with E-state index in [1.54, 1.807) is 12.1 Å². The van der Waals surface area contributed by atoms with E-state index in [2.05, 4.69) is 26.2 Å². The van der Waals surface area contributed by atoms with Gasteiger partial charge in [0.25, 0.3) is 5.91 Å². The van der Waals surface area contributed by atoms with Crippen LogP contribution < -0.4 is 33.2 Å². The first-order valence-electron chi connectivity index (χ1n) is 13.7. The van der Waals surface area contributed by atoms with Crippen LogP contribution in [0.25, 0.3) is 11.1 Å². The first-order valence-corrected chi connectivity index (χ1v) is 14.2. The second kappa shape index (κ2) is 17.2. The fourth-order valence-corrected chi connectivity index (χ4v) is 4.41. The minimum Gasteiger partial charge on any atom is -0.370 e. The molecule has 9 N–H and O–H groups in total. The second-order valence-corrected chi connectivity index (χ2v) is 10.4. The third-order valence-electron chi connectivity index (χ3n) is 6.58. The lowest BCUT2D eigenvalue weighted by Gasteiger charge is -2.26. The highest BCUT2D eigenvalue weighted by molar-refractivity contribution is 6.24. The molecule has 3 radical (unpaired) electrons. The fourth-order valence-electron chi connectivity index (χ4n) is 4.16. The van der Waals surface area contributed by atoms with Crippen LogP contribution in [0.15, 0.2) is 54.6 Å². The van der Waals surface area contributed by atoms with Crippen molar-refractivity contribution in [2.45, 2.75) is 69.1 Å². The van der Waals surface area contributed by atoms with Gasteiger partial charge in [0, 0.05) is 27.4 Å². The smallest absolute Gasteiger partial charge is 0.251 e. The maximum Gasteiger partial charge on any atom is 0.251 e. The highest BCUT2D eigenvalue weighted by atomic mass is 28.1. The van der Waals surface area contributed by atoms with Crippen LogP contribution in [-0.4, -0.2) is 65.1 Å². The molecule has 0 fully saturated rings. The number of rotatable bonds is 17. The summed E-state index contributed by atoms with van der Waals surface area (Å²) in [6.07, 6.45) is 3.58. The number of unbranched alkanes of at least 4 members (excludes halogenated alkanes) is 2. The van der Waals surface area contributed by atoms with Gasteiger partial charge in [0.05, 0.1) is 0 Å². The molecule has 1 unspecified atom stereocenters. The van der Waals surface area contributed by atoms with E-state index in [9.17, 15) is 19.2 Å². The van der Waals surface area contributed by atoms with Crippen molar-refractivity contribution >= 4 is 33.9 Å². The lowest BCUT2D eigenvalue weighted by Crippen LogP contribution is -2.54. The summed E-state index contributed by atoms with van der Waals surface area (Å²) in [6.45, 7) is 2.49. The number of nitrogens with two attached hydrogens (primary N) is 3. The summed E-state index contributed by atoms with van der Waals surface area (Å²) in [4.78, 5) is 50.8. The van der Waals surface area contributed by atoms with Crippen molar-refractivity contribution < 1.29 is 19.2 Å². The van der Waals surface area contributed by atoms with Crippen LogP contribution in [0.4, 0.5) is 0 Å². The Morgan fingerprint density at radius 1 is 0.750 bits per heavy atom. The number of carbonyl (C=O) groups is 4. The third kappa shape index (κ3) is 10.6. The second-order valence-electron chi connectivity index (χ2n) is 9.76. The van der Waals surface area contributed by atoms with E-state index in [1.165, 1.54) is 6.92 Å². The molecule has 215 valence electrons. The molecule has 0 aliphatic carbocycles. The molecule has 4 amide bonds. The maximum absolute atomic E-state index is 13.2. The molecule has 0 aliphatic heterocycles. The van der Waals surface area contributed by atoms with Crippen LogP contribution in [0.2, 0.25) is 5.54 Å². The summed E-state index contributed by atoms with van der Waals surface area (Å²) in [6, 6.07) is 14.6. The van der Waals surface area contributed by atoms with Crippen LogP contribution in [0.5, 0.6) is 0 Å². The van der Waals surface area contributed by atoms with Gasteiger partial charge in [-0.25, -0.2) is 0 Å². The Labute approximate surface area is 239 Å². The molecule has 0 saturated heterocycles. The molecule has 2 aromatic rings.